The average Bonchev–Trinajstić information content (AvgIpc) is 2.72. The minimum Gasteiger partial charge on any atom is -0.493 e. The number of fused-ring (bicyclic) bond motifs is 2. The van der Waals surface area contributed by atoms with Gasteiger partial charge in [0.2, 0.25) is 0 Å². The molecule has 140 valence electrons. The van der Waals surface area contributed by atoms with Gasteiger partial charge in [-0.05, 0) is 29.0 Å². The number of ether oxygens (including phenoxy) is 3. The Morgan fingerprint density at radius 3 is 2.36 bits per heavy atom. The van der Waals surface area contributed by atoms with Gasteiger partial charge >= 0.3 is 0 Å². The van der Waals surface area contributed by atoms with Crippen LogP contribution in [0.25, 0.3) is 21.7 Å². The van der Waals surface area contributed by atoms with E-state index >= 15 is 0 Å². The Kier molecular flexibility index (Phi) is 4.45. The maximum absolute atomic E-state index is 12.2. The number of primary amides is 1. The van der Waals surface area contributed by atoms with E-state index in [1.54, 1.807) is 44.7 Å². The van der Waals surface area contributed by atoms with E-state index in [1.165, 1.54) is 0 Å². The summed E-state index contributed by atoms with van der Waals surface area (Å²) in [6.45, 7) is 0. The van der Waals surface area contributed by atoms with Crippen LogP contribution < -0.4 is 19.9 Å². The van der Waals surface area contributed by atoms with E-state index in [-0.39, 0.29) is 0 Å². The molecule has 0 aliphatic rings. The van der Waals surface area contributed by atoms with Gasteiger partial charge in [-0.3, -0.25) is 9.78 Å². The van der Waals surface area contributed by atoms with Crippen molar-refractivity contribution in [1.29, 1.82) is 0 Å². The van der Waals surface area contributed by atoms with Gasteiger partial charge in [-0.1, -0.05) is 30.3 Å². The molecule has 0 spiro atoms. The van der Waals surface area contributed by atoms with Crippen molar-refractivity contribution >= 4 is 27.6 Å². The summed E-state index contributed by atoms with van der Waals surface area (Å²) in [6.07, 6.45) is 1.63. The summed E-state index contributed by atoms with van der Waals surface area (Å²) < 4.78 is 16.8. The molecule has 0 bridgehead atoms. The number of rotatable bonds is 5. The second-order valence-electron chi connectivity index (χ2n) is 6.16. The summed E-state index contributed by atoms with van der Waals surface area (Å²) in [7, 11) is 3.13. The second kappa shape index (κ2) is 7.08. The molecule has 0 aliphatic carbocycles. The average molecular weight is 374 g/mol. The van der Waals surface area contributed by atoms with Gasteiger partial charge in [0.25, 0.3) is 5.91 Å². The van der Waals surface area contributed by atoms with Gasteiger partial charge in [-0.2, -0.15) is 0 Å². The van der Waals surface area contributed by atoms with Crippen molar-refractivity contribution < 1.29 is 19.0 Å². The van der Waals surface area contributed by atoms with Crippen LogP contribution in [0.3, 0.4) is 0 Å². The van der Waals surface area contributed by atoms with Crippen molar-refractivity contribution in [3.63, 3.8) is 0 Å². The number of aromatic nitrogens is 1. The quantitative estimate of drug-likeness (QED) is 0.563. The van der Waals surface area contributed by atoms with E-state index in [9.17, 15) is 4.79 Å². The van der Waals surface area contributed by atoms with Crippen molar-refractivity contribution in [1.82, 2.24) is 4.98 Å². The fourth-order valence-corrected chi connectivity index (χ4v) is 3.25. The first-order chi connectivity index (χ1) is 13.6. The Labute approximate surface area is 161 Å². The summed E-state index contributed by atoms with van der Waals surface area (Å²) in [6, 6.07) is 16.5. The van der Waals surface area contributed by atoms with Crippen LogP contribution in [-0.2, 0) is 0 Å². The highest BCUT2D eigenvalue weighted by Crippen LogP contribution is 2.38. The van der Waals surface area contributed by atoms with Crippen molar-refractivity contribution in [3.05, 3.63) is 66.4 Å². The number of hydrogen-bond donors (Lipinski definition) is 1. The van der Waals surface area contributed by atoms with E-state index in [2.05, 4.69) is 4.98 Å². The van der Waals surface area contributed by atoms with Gasteiger partial charge in [0.05, 0.1) is 25.3 Å². The highest BCUT2D eigenvalue weighted by atomic mass is 16.5. The first-order valence-corrected chi connectivity index (χ1v) is 8.62. The molecule has 0 radical (unpaired) electrons. The Morgan fingerprint density at radius 2 is 1.61 bits per heavy atom. The topological polar surface area (TPSA) is 83.7 Å². The molecule has 0 atom stereocenters. The number of nitrogens with zero attached hydrogens (tertiary/aromatic N) is 1. The van der Waals surface area contributed by atoms with Gasteiger partial charge in [0.15, 0.2) is 11.5 Å². The number of nitrogens with two attached hydrogens (primary N) is 1. The van der Waals surface area contributed by atoms with Crippen molar-refractivity contribution in [3.8, 4) is 23.0 Å². The van der Waals surface area contributed by atoms with Gasteiger partial charge in [-0.15, -0.1) is 0 Å². The second-order valence-corrected chi connectivity index (χ2v) is 6.16. The molecule has 4 rings (SSSR count). The molecule has 0 aliphatic heterocycles. The predicted molar refractivity (Wildman–Crippen MR) is 107 cm³/mol. The monoisotopic (exact) mass is 374 g/mol. The fraction of sp³-hybridized carbons (Fsp3) is 0.0909. The van der Waals surface area contributed by atoms with E-state index in [4.69, 9.17) is 19.9 Å². The highest BCUT2D eigenvalue weighted by Gasteiger charge is 2.17. The molecule has 0 saturated heterocycles. The van der Waals surface area contributed by atoms with Gasteiger partial charge in [0, 0.05) is 17.6 Å². The minimum absolute atomic E-state index is 0.337. The zero-order valence-electron chi connectivity index (χ0n) is 15.4. The molecule has 0 unspecified atom stereocenters. The van der Waals surface area contributed by atoms with Crippen LogP contribution in [0.1, 0.15) is 10.4 Å². The van der Waals surface area contributed by atoms with Crippen molar-refractivity contribution in [2.75, 3.05) is 14.2 Å². The molecule has 6 nitrogen and oxygen atoms in total. The molecule has 0 saturated carbocycles. The number of amides is 1. The third-order valence-corrected chi connectivity index (χ3v) is 4.56. The van der Waals surface area contributed by atoms with E-state index in [1.807, 2.05) is 30.3 Å². The van der Waals surface area contributed by atoms with Crippen LogP contribution in [0.4, 0.5) is 0 Å². The number of carbonyl (C=O) groups is 1. The third kappa shape index (κ3) is 2.95. The Balaban J connectivity index is 1.89. The minimum atomic E-state index is -0.551. The molecular formula is C22H18N2O4. The van der Waals surface area contributed by atoms with E-state index in [0.29, 0.717) is 34.1 Å². The maximum Gasteiger partial charge on any atom is 0.253 e. The standard InChI is InChI=1S/C22H18N2O4/c1-26-19-11-15-16(12-20(19)27-2)24-10-9-17(15)28-18-8-7-13-5-3-4-6-14(13)21(18)22(23)25/h3-12H,1-2H3,(H2,23,25). The molecule has 1 heterocycles. The van der Waals surface area contributed by atoms with Crippen molar-refractivity contribution in [2.45, 2.75) is 0 Å². The molecule has 2 N–H and O–H groups in total. The lowest BCUT2D eigenvalue weighted by atomic mass is 10.0. The van der Waals surface area contributed by atoms with Gasteiger partial charge < -0.3 is 19.9 Å². The van der Waals surface area contributed by atoms with Crippen LogP contribution in [0, 0.1) is 0 Å². The highest BCUT2D eigenvalue weighted by molar-refractivity contribution is 6.09. The van der Waals surface area contributed by atoms with Crippen LogP contribution in [0.5, 0.6) is 23.0 Å². The van der Waals surface area contributed by atoms with E-state index in [0.717, 1.165) is 16.2 Å². The molecule has 0 fully saturated rings. The van der Waals surface area contributed by atoms with Crippen LogP contribution in [0.2, 0.25) is 0 Å². The third-order valence-electron chi connectivity index (χ3n) is 4.56. The van der Waals surface area contributed by atoms with Crippen molar-refractivity contribution in [2.24, 2.45) is 5.73 Å². The van der Waals surface area contributed by atoms with Crippen LogP contribution >= 0.6 is 0 Å². The van der Waals surface area contributed by atoms with Crippen LogP contribution in [0.15, 0.2) is 60.8 Å². The maximum atomic E-state index is 12.2. The number of hydrogen-bond acceptors (Lipinski definition) is 5. The number of pyridine rings is 1. The molecule has 3 aromatic carbocycles. The summed E-state index contributed by atoms with van der Waals surface area (Å²) in [4.78, 5) is 16.5. The number of methoxy groups -OCH3 is 2. The molecule has 6 heteroatoms. The molecule has 4 aromatic rings. The summed E-state index contributed by atoms with van der Waals surface area (Å²) in [5.41, 5.74) is 6.68. The SMILES string of the molecule is COc1cc2nccc(Oc3ccc4ccccc4c3C(N)=O)c2cc1OC. The van der Waals surface area contributed by atoms with Crippen LogP contribution in [-0.4, -0.2) is 25.1 Å². The predicted octanol–water partition coefficient (Wildman–Crippen LogP) is 4.30. The van der Waals surface area contributed by atoms with Gasteiger partial charge in [0.1, 0.15) is 11.5 Å². The smallest absolute Gasteiger partial charge is 0.253 e. The first kappa shape index (κ1) is 17.6. The zero-order valence-corrected chi connectivity index (χ0v) is 15.4. The lowest BCUT2D eigenvalue weighted by Crippen LogP contribution is -2.13. The zero-order chi connectivity index (χ0) is 19.7. The van der Waals surface area contributed by atoms with E-state index < -0.39 is 5.91 Å². The Bertz CT molecular complexity index is 1200. The number of carbonyl (C=O) groups excluding carboxylic acids is 1. The number of benzene rings is 3. The first-order valence-electron chi connectivity index (χ1n) is 8.62. The molecule has 1 amide bonds. The summed E-state index contributed by atoms with van der Waals surface area (Å²) >= 11 is 0. The summed E-state index contributed by atoms with van der Waals surface area (Å²) in [5, 5.41) is 2.38. The molecule has 28 heavy (non-hydrogen) atoms. The lowest BCUT2D eigenvalue weighted by molar-refractivity contribution is 0.1000. The summed E-state index contributed by atoms with van der Waals surface area (Å²) in [5.74, 6) is 1.49. The fourth-order valence-electron chi connectivity index (χ4n) is 3.25. The van der Waals surface area contributed by atoms with Gasteiger partial charge in [-0.25, -0.2) is 0 Å². The Morgan fingerprint density at radius 1 is 0.857 bits per heavy atom. The largest absolute Gasteiger partial charge is 0.493 e. The Hall–Kier alpha value is -3.80. The molecule has 1 aromatic heterocycles. The lowest BCUT2D eigenvalue weighted by Gasteiger charge is -2.14. The molecular weight excluding hydrogens is 356 g/mol. The normalized spacial score (nSPS) is 10.8.